The number of carbonyl (C=O) groups is 4. The number of ketones is 2. The molecule has 2 aromatic carbocycles. The van der Waals surface area contributed by atoms with Gasteiger partial charge in [-0.05, 0) is 61.4 Å². The molecule has 8 nitrogen and oxygen atoms in total. The number of benzene rings is 2. The highest BCUT2D eigenvalue weighted by Gasteiger charge is 2.15. The topological polar surface area (TPSA) is 111 Å². The van der Waals surface area contributed by atoms with E-state index in [0.717, 1.165) is 9.79 Å². The lowest BCUT2D eigenvalue weighted by atomic mass is 10.1. The predicted octanol–water partition coefficient (Wildman–Crippen LogP) is 4.86. The fourth-order valence-corrected chi connectivity index (χ4v) is 3.41. The van der Waals surface area contributed by atoms with Crippen molar-refractivity contribution < 1.29 is 28.9 Å². The zero-order valence-corrected chi connectivity index (χ0v) is 19.6. The van der Waals surface area contributed by atoms with E-state index in [0.29, 0.717) is 24.0 Å². The summed E-state index contributed by atoms with van der Waals surface area (Å²) in [6.07, 6.45) is 0.665. The normalized spacial score (nSPS) is 11.6. The molecule has 33 heavy (non-hydrogen) atoms. The van der Waals surface area contributed by atoms with Crippen molar-refractivity contribution in [3.63, 3.8) is 0 Å². The van der Waals surface area contributed by atoms with E-state index in [1.807, 2.05) is 0 Å². The first kappa shape index (κ1) is 25.7. The maximum absolute atomic E-state index is 12.5. The summed E-state index contributed by atoms with van der Waals surface area (Å²) in [5, 5.41) is 7.24. The van der Waals surface area contributed by atoms with Crippen LogP contribution in [0.25, 0.3) is 0 Å². The number of Topliss-reactive ketones (excluding diaryl/α,β-unsaturated/α-hetero) is 2. The first-order chi connectivity index (χ1) is 15.7. The summed E-state index contributed by atoms with van der Waals surface area (Å²) in [5.41, 5.74) is 1.20. The molecule has 2 aromatic rings. The fraction of sp³-hybridized carbons (Fsp3) is 0.250. The lowest BCUT2D eigenvalue weighted by Gasteiger charge is -2.06. The summed E-state index contributed by atoms with van der Waals surface area (Å²) in [4.78, 5) is 57.8. The molecule has 0 aromatic heterocycles. The van der Waals surface area contributed by atoms with Crippen molar-refractivity contribution in [1.29, 1.82) is 0 Å². The van der Waals surface area contributed by atoms with Gasteiger partial charge in [0.25, 0.3) is 0 Å². The van der Waals surface area contributed by atoms with Gasteiger partial charge in [0.1, 0.15) is 11.4 Å². The van der Waals surface area contributed by atoms with Crippen molar-refractivity contribution >= 4 is 46.7 Å². The minimum atomic E-state index is -0.587. The maximum Gasteiger partial charge on any atom is 0.331 e. The number of hydrogen-bond acceptors (Lipinski definition) is 9. The first-order valence-electron chi connectivity index (χ1n) is 10.2. The van der Waals surface area contributed by atoms with Crippen LogP contribution in [-0.4, -0.2) is 34.9 Å². The lowest BCUT2D eigenvalue weighted by molar-refractivity contribution is -0.141. The minimum absolute atomic E-state index is 0.162. The van der Waals surface area contributed by atoms with E-state index in [2.05, 4.69) is 20.0 Å². The zero-order valence-electron chi connectivity index (χ0n) is 18.8. The quantitative estimate of drug-likeness (QED) is 0.212. The highest BCUT2D eigenvalue weighted by molar-refractivity contribution is 7.99. The van der Waals surface area contributed by atoms with Gasteiger partial charge in [-0.2, -0.15) is 0 Å². The molecule has 0 saturated heterocycles. The summed E-state index contributed by atoms with van der Waals surface area (Å²) >= 11 is 1.46. The van der Waals surface area contributed by atoms with Gasteiger partial charge in [0.2, 0.25) is 11.6 Å². The molecule has 0 fully saturated rings. The molecular weight excluding hydrogens is 444 g/mol. The molecule has 0 atom stereocenters. The van der Waals surface area contributed by atoms with E-state index in [-0.39, 0.29) is 23.0 Å². The highest BCUT2D eigenvalue weighted by Crippen LogP contribution is 2.28. The molecular formula is C24H24N2O6S. The molecule has 0 N–H and O–H groups in total. The molecule has 0 spiro atoms. The Hall–Kier alpha value is -3.59. The molecule has 2 rings (SSSR count). The highest BCUT2D eigenvalue weighted by atomic mass is 32.2. The van der Waals surface area contributed by atoms with Crippen LogP contribution in [0, 0.1) is 0 Å². The van der Waals surface area contributed by atoms with Gasteiger partial charge in [0.05, 0.1) is 0 Å². The van der Waals surface area contributed by atoms with Gasteiger partial charge in [-0.15, -0.1) is 0 Å². The Bertz CT molecular complexity index is 1000. The molecule has 0 amide bonds. The number of carbonyl (C=O) groups excluding carboxylic acids is 4. The standard InChI is InChI=1S/C24H24N2O6S/c1-5-21(25-31-15(3)27)23(29)17-7-11-19(12-8-17)33-20-13-9-18(10-14-20)24(30)22(6-2)26-32-16(4)28/h7-14H,5-6H2,1-4H3/b25-21+,26-22+. The predicted molar refractivity (Wildman–Crippen MR) is 125 cm³/mol. The molecule has 0 bridgehead atoms. The summed E-state index contributed by atoms with van der Waals surface area (Å²) in [6.45, 7) is 5.94. The molecule has 172 valence electrons. The molecule has 0 unspecified atom stereocenters. The Balaban J connectivity index is 2.08. The second-order valence-electron chi connectivity index (χ2n) is 6.76. The average Bonchev–Trinajstić information content (AvgIpc) is 2.80. The van der Waals surface area contributed by atoms with Crippen molar-refractivity contribution in [2.45, 2.75) is 50.3 Å². The molecule has 9 heteroatoms. The van der Waals surface area contributed by atoms with Crippen LogP contribution in [0.3, 0.4) is 0 Å². The number of rotatable bonds is 10. The van der Waals surface area contributed by atoms with E-state index in [1.165, 1.54) is 25.6 Å². The summed E-state index contributed by atoms with van der Waals surface area (Å²) in [7, 11) is 0. The second-order valence-corrected chi connectivity index (χ2v) is 7.90. The molecule has 0 aliphatic heterocycles. The fourth-order valence-electron chi connectivity index (χ4n) is 2.59. The Labute approximate surface area is 196 Å². The summed E-state index contributed by atoms with van der Waals surface area (Å²) in [5.74, 6) is -1.78. The van der Waals surface area contributed by atoms with E-state index in [4.69, 9.17) is 0 Å². The van der Waals surface area contributed by atoms with Gasteiger partial charge in [-0.1, -0.05) is 35.9 Å². The molecule has 0 aliphatic carbocycles. The molecule has 0 aliphatic rings. The zero-order chi connectivity index (χ0) is 24.4. The van der Waals surface area contributed by atoms with Crippen LogP contribution in [0.4, 0.5) is 0 Å². The van der Waals surface area contributed by atoms with Crippen molar-refractivity contribution in [3.05, 3.63) is 59.7 Å². The third kappa shape index (κ3) is 7.80. The largest absolute Gasteiger partial charge is 0.331 e. The molecule has 0 radical (unpaired) electrons. The van der Waals surface area contributed by atoms with Crippen LogP contribution in [0.2, 0.25) is 0 Å². The van der Waals surface area contributed by atoms with Crippen molar-refractivity contribution in [2.24, 2.45) is 10.3 Å². The van der Waals surface area contributed by atoms with Gasteiger partial charge < -0.3 is 9.68 Å². The maximum atomic E-state index is 12.5. The van der Waals surface area contributed by atoms with E-state index >= 15 is 0 Å². The van der Waals surface area contributed by atoms with Crippen molar-refractivity contribution in [2.75, 3.05) is 0 Å². The van der Waals surface area contributed by atoms with E-state index in [9.17, 15) is 19.2 Å². The average molecular weight is 469 g/mol. The van der Waals surface area contributed by atoms with Crippen molar-refractivity contribution in [1.82, 2.24) is 0 Å². The van der Waals surface area contributed by atoms with Crippen LogP contribution in [0.1, 0.15) is 61.3 Å². The van der Waals surface area contributed by atoms with Gasteiger partial charge >= 0.3 is 11.9 Å². The van der Waals surface area contributed by atoms with Crippen LogP contribution in [0.15, 0.2) is 68.6 Å². The van der Waals surface area contributed by atoms with Crippen LogP contribution in [-0.2, 0) is 19.3 Å². The Morgan fingerprint density at radius 3 is 1.27 bits per heavy atom. The summed E-state index contributed by atoms with van der Waals surface area (Å²) < 4.78 is 0. The Morgan fingerprint density at radius 2 is 1.00 bits per heavy atom. The molecule has 0 saturated carbocycles. The minimum Gasteiger partial charge on any atom is -0.318 e. The third-order valence-electron chi connectivity index (χ3n) is 4.23. The van der Waals surface area contributed by atoms with Crippen LogP contribution >= 0.6 is 11.8 Å². The summed E-state index contributed by atoms with van der Waals surface area (Å²) in [6, 6.07) is 13.9. The Morgan fingerprint density at radius 1 is 0.667 bits per heavy atom. The van der Waals surface area contributed by atoms with Crippen molar-refractivity contribution in [3.8, 4) is 0 Å². The SMILES string of the molecule is CC/C(=N\OC(C)=O)C(=O)c1ccc(Sc2ccc(C(=O)/C(CC)=N/OC(C)=O)cc2)cc1. The number of oxime groups is 2. The number of nitrogens with zero attached hydrogens (tertiary/aromatic N) is 2. The lowest BCUT2D eigenvalue weighted by Crippen LogP contribution is -2.14. The van der Waals surface area contributed by atoms with Gasteiger partial charge in [0, 0.05) is 34.8 Å². The van der Waals surface area contributed by atoms with Crippen LogP contribution < -0.4 is 0 Å². The number of hydrogen-bond donors (Lipinski definition) is 0. The van der Waals surface area contributed by atoms with Gasteiger partial charge in [-0.25, -0.2) is 9.59 Å². The van der Waals surface area contributed by atoms with E-state index in [1.54, 1.807) is 62.4 Å². The van der Waals surface area contributed by atoms with Gasteiger partial charge in [0.15, 0.2) is 0 Å². The Kier molecular flexibility index (Phi) is 9.68. The smallest absolute Gasteiger partial charge is 0.318 e. The second kappa shape index (κ2) is 12.4. The molecule has 0 heterocycles. The van der Waals surface area contributed by atoms with Gasteiger partial charge in [-0.3, -0.25) is 9.59 Å². The monoisotopic (exact) mass is 468 g/mol. The van der Waals surface area contributed by atoms with E-state index < -0.39 is 11.9 Å². The third-order valence-corrected chi connectivity index (χ3v) is 5.25. The first-order valence-corrected chi connectivity index (χ1v) is 11.0. The van der Waals surface area contributed by atoms with Crippen LogP contribution in [0.5, 0.6) is 0 Å².